The van der Waals surface area contributed by atoms with Crippen molar-refractivity contribution in [1.29, 1.82) is 0 Å². The molecule has 0 aliphatic heterocycles. The zero-order valence-electron chi connectivity index (χ0n) is 38.2. The Morgan fingerprint density at radius 2 is 0.883 bits per heavy atom. The van der Waals surface area contributed by atoms with Crippen LogP contribution in [0.4, 0.5) is 0 Å². The average Bonchev–Trinajstić information content (AvgIpc) is 3.24. The summed E-state index contributed by atoms with van der Waals surface area (Å²) in [4.78, 5) is 35.1. The van der Waals surface area contributed by atoms with Crippen molar-refractivity contribution in [3.05, 3.63) is 48.6 Å². The van der Waals surface area contributed by atoms with Crippen molar-refractivity contribution in [2.24, 2.45) is 0 Å². The number of hydrogen-bond donors (Lipinski definition) is 3. The fourth-order valence-electron chi connectivity index (χ4n) is 6.52. The van der Waals surface area contributed by atoms with Crippen LogP contribution in [0, 0.1) is 0 Å². The molecule has 0 amide bonds. The van der Waals surface area contributed by atoms with Crippen molar-refractivity contribution in [3.63, 3.8) is 0 Å². The summed E-state index contributed by atoms with van der Waals surface area (Å²) in [6.07, 6.45) is 49.4. The summed E-state index contributed by atoms with van der Waals surface area (Å²) in [5.41, 5.74) is 0. The van der Waals surface area contributed by atoms with Crippen LogP contribution in [0.1, 0.15) is 213 Å². The lowest BCUT2D eigenvalue weighted by molar-refractivity contribution is -0.161. The molecule has 0 saturated heterocycles. The Morgan fingerprint density at radius 3 is 1.35 bits per heavy atom. The Hall–Kier alpha value is -2.07. The van der Waals surface area contributed by atoms with Gasteiger partial charge in [-0.15, -0.1) is 0 Å². The molecular formula is C49H89O10P. The van der Waals surface area contributed by atoms with Crippen LogP contribution in [0.15, 0.2) is 48.6 Å². The summed E-state index contributed by atoms with van der Waals surface area (Å²) in [6.45, 7) is 2.32. The lowest BCUT2D eigenvalue weighted by Gasteiger charge is -2.20. The number of allylic oxidation sites excluding steroid dienone is 8. The molecule has 0 rings (SSSR count). The van der Waals surface area contributed by atoms with Crippen LogP contribution in [0.5, 0.6) is 0 Å². The van der Waals surface area contributed by atoms with Crippen LogP contribution in [0.25, 0.3) is 0 Å². The Morgan fingerprint density at radius 1 is 0.500 bits per heavy atom. The van der Waals surface area contributed by atoms with Gasteiger partial charge in [0.2, 0.25) is 0 Å². The minimum Gasteiger partial charge on any atom is -0.462 e. The number of phosphoric ester groups is 1. The summed E-state index contributed by atoms with van der Waals surface area (Å²) in [5, 5.41) is 18.4. The molecule has 0 spiro atoms. The van der Waals surface area contributed by atoms with Gasteiger partial charge in [-0.05, 0) is 51.4 Å². The Labute approximate surface area is 366 Å². The molecule has 0 aromatic heterocycles. The molecule has 0 saturated carbocycles. The van der Waals surface area contributed by atoms with Gasteiger partial charge in [0.05, 0.1) is 19.8 Å². The number of phosphoric acid groups is 1. The van der Waals surface area contributed by atoms with Crippen molar-refractivity contribution >= 4 is 19.8 Å². The van der Waals surface area contributed by atoms with Gasteiger partial charge in [0.25, 0.3) is 0 Å². The zero-order chi connectivity index (χ0) is 44.0. The van der Waals surface area contributed by atoms with Crippen LogP contribution >= 0.6 is 7.82 Å². The zero-order valence-corrected chi connectivity index (χ0v) is 39.1. The van der Waals surface area contributed by atoms with Crippen LogP contribution in [-0.4, -0.2) is 65.7 Å². The van der Waals surface area contributed by atoms with E-state index in [4.69, 9.17) is 23.6 Å². The van der Waals surface area contributed by atoms with Gasteiger partial charge < -0.3 is 24.6 Å². The topological polar surface area (TPSA) is 149 Å². The maximum absolute atomic E-state index is 12.7. The Kier molecular flexibility index (Phi) is 43.4. The molecule has 10 nitrogen and oxygen atoms in total. The van der Waals surface area contributed by atoms with Crippen LogP contribution < -0.4 is 0 Å². The third-order valence-electron chi connectivity index (χ3n) is 10.2. The van der Waals surface area contributed by atoms with E-state index in [0.717, 1.165) is 44.9 Å². The van der Waals surface area contributed by atoms with E-state index in [1.165, 1.54) is 122 Å². The van der Waals surface area contributed by atoms with Crippen LogP contribution in [0.3, 0.4) is 0 Å². The highest BCUT2D eigenvalue weighted by Gasteiger charge is 2.27. The first-order chi connectivity index (χ1) is 29.2. The first kappa shape index (κ1) is 57.9. The largest absolute Gasteiger partial charge is 0.472 e. The second-order valence-electron chi connectivity index (χ2n) is 16.1. The number of esters is 2. The summed E-state index contributed by atoms with van der Waals surface area (Å²) >= 11 is 0. The van der Waals surface area contributed by atoms with Gasteiger partial charge in [-0.2, -0.15) is 0 Å². The number of rotatable bonds is 45. The minimum absolute atomic E-state index is 0.166. The van der Waals surface area contributed by atoms with Crippen molar-refractivity contribution in [2.75, 3.05) is 26.4 Å². The van der Waals surface area contributed by atoms with Crippen molar-refractivity contribution in [2.45, 2.75) is 225 Å². The third kappa shape index (κ3) is 44.0. The normalized spacial score (nSPS) is 14.2. The summed E-state index contributed by atoms with van der Waals surface area (Å²) in [7, 11) is -4.63. The Balaban J connectivity index is 4.28. The van der Waals surface area contributed by atoms with E-state index in [-0.39, 0.29) is 19.4 Å². The number of aliphatic hydroxyl groups excluding tert-OH is 2. The van der Waals surface area contributed by atoms with E-state index >= 15 is 0 Å². The van der Waals surface area contributed by atoms with Crippen molar-refractivity contribution in [1.82, 2.24) is 0 Å². The second-order valence-corrected chi connectivity index (χ2v) is 17.6. The molecule has 60 heavy (non-hydrogen) atoms. The maximum atomic E-state index is 12.7. The molecule has 0 bridgehead atoms. The lowest BCUT2D eigenvalue weighted by Crippen LogP contribution is -2.29. The number of unbranched alkanes of at least 4 members (excludes halogenated alkanes) is 23. The number of ether oxygens (including phenoxy) is 2. The molecule has 0 aromatic rings. The van der Waals surface area contributed by atoms with Crippen LogP contribution in [0.2, 0.25) is 0 Å². The molecule has 0 heterocycles. The van der Waals surface area contributed by atoms with E-state index in [1.54, 1.807) is 0 Å². The van der Waals surface area contributed by atoms with Gasteiger partial charge in [0, 0.05) is 12.8 Å². The third-order valence-corrected chi connectivity index (χ3v) is 11.2. The van der Waals surface area contributed by atoms with Gasteiger partial charge in [-0.3, -0.25) is 18.6 Å². The highest BCUT2D eigenvalue weighted by molar-refractivity contribution is 7.47. The number of carbonyl (C=O) groups is 2. The molecular weight excluding hydrogens is 780 g/mol. The lowest BCUT2D eigenvalue weighted by atomic mass is 10.0. The SMILES string of the molecule is CCCCC/C=C/C/C=C/C/C=C/C/C=C/CCCC(=O)OC[C@H](COP(=O)(O)OC[C@@H](O)CO)OC(=O)CCCCCCCCCCCCCCCCCCCCCC. The van der Waals surface area contributed by atoms with Crippen LogP contribution in [-0.2, 0) is 32.7 Å². The summed E-state index contributed by atoms with van der Waals surface area (Å²) in [5.74, 6) is -0.984. The fourth-order valence-corrected chi connectivity index (χ4v) is 7.31. The minimum atomic E-state index is -4.63. The Bertz CT molecular complexity index is 1140. The quantitative estimate of drug-likeness (QED) is 0.0234. The molecule has 3 N–H and O–H groups in total. The highest BCUT2D eigenvalue weighted by Crippen LogP contribution is 2.43. The second kappa shape index (κ2) is 45.0. The molecule has 0 aromatic carbocycles. The van der Waals surface area contributed by atoms with E-state index in [9.17, 15) is 24.2 Å². The number of aliphatic hydroxyl groups is 2. The van der Waals surface area contributed by atoms with E-state index in [0.29, 0.717) is 19.3 Å². The molecule has 350 valence electrons. The summed E-state index contributed by atoms with van der Waals surface area (Å²) < 4.78 is 32.7. The molecule has 0 radical (unpaired) electrons. The predicted molar refractivity (Wildman–Crippen MR) is 247 cm³/mol. The highest BCUT2D eigenvalue weighted by atomic mass is 31.2. The number of carbonyl (C=O) groups excluding carboxylic acids is 2. The van der Waals surface area contributed by atoms with E-state index in [2.05, 4.69) is 56.4 Å². The maximum Gasteiger partial charge on any atom is 0.472 e. The molecule has 3 atom stereocenters. The first-order valence-corrected chi connectivity index (χ1v) is 25.6. The predicted octanol–water partition coefficient (Wildman–Crippen LogP) is 13.3. The van der Waals surface area contributed by atoms with E-state index in [1.807, 2.05) is 6.08 Å². The average molecular weight is 869 g/mol. The van der Waals surface area contributed by atoms with Gasteiger partial charge >= 0.3 is 19.8 Å². The van der Waals surface area contributed by atoms with Gasteiger partial charge in [-0.25, -0.2) is 4.57 Å². The monoisotopic (exact) mass is 869 g/mol. The fraction of sp³-hybridized carbons (Fsp3) is 0.796. The first-order valence-electron chi connectivity index (χ1n) is 24.1. The smallest absolute Gasteiger partial charge is 0.462 e. The van der Waals surface area contributed by atoms with Crippen molar-refractivity contribution < 1.29 is 47.8 Å². The summed E-state index contributed by atoms with van der Waals surface area (Å²) in [6, 6.07) is 0. The van der Waals surface area contributed by atoms with Crippen molar-refractivity contribution in [3.8, 4) is 0 Å². The molecule has 11 heteroatoms. The molecule has 0 aliphatic rings. The molecule has 0 aliphatic carbocycles. The van der Waals surface area contributed by atoms with Gasteiger partial charge in [-0.1, -0.05) is 197 Å². The van der Waals surface area contributed by atoms with E-state index < -0.39 is 51.8 Å². The van der Waals surface area contributed by atoms with Gasteiger partial charge in [0.1, 0.15) is 12.7 Å². The van der Waals surface area contributed by atoms with Gasteiger partial charge in [0.15, 0.2) is 6.10 Å². The molecule has 1 unspecified atom stereocenters. The number of hydrogen-bond acceptors (Lipinski definition) is 9. The standard InChI is InChI=1S/C49H89O10P/c1-3-5-7-9-11-13-15-17-19-21-22-23-25-27-29-31-33-35-37-39-41-49(53)59-47(45-58-60(54,55)57-43-46(51)42-50)44-56-48(52)40-38-36-34-32-30-28-26-24-20-18-16-14-12-10-8-6-4-2/h12,14,18,20,26,28,32,34,46-47,50-51H,3-11,13,15-17,19,21-25,27,29-31,33,35-45H2,1-2H3,(H,54,55)/b14-12+,20-18+,28-26+,34-32+/t46-,47+/m0/s1. The molecule has 0 fully saturated rings.